The SMILES string of the molecule is O=C(CSc1nnc(-c2ccccc2)n1-c1ccccc1)NN=Cc1ccc(F)cc1F. The number of hydrogen-bond donors (Lipinski definition) is 1. The maximum atomic E-state index is 13.6. The van der Waals surface area contributed by atoms with E-state index in [1.165, 1.54) is 17.8 Å². The van der Waals surface area contributed by atoms with Gasteiger partial charge >= 0.3 is 0 Å². The minimum atomic E-state index is -0.762. The fraction of sp³-hybridized carbons (Fsp3) is 0.0435. The van der Waals surface area contributed by atoms with Crippen molar-refractivity contribution in [3.63, 3.8) is 0 Å². The molecule has 1 aromatic heterocycles. The minimum absolute atomic E-state index is 0.0169. The van der Waals surface area contributed by atoms with Crippen LogP contribution in [0.3, 0.4) is 0 Å². The van der Waals surface area contributed by atoms with Gasteiger partial charge in [-0.15, -0.1) is 10.2 Å². The summed E-state index contributed by atoms with van der Waals surface area (Å²) in [6.45, 7) is 0. The minimum Gasteiger partial charge on any atom is -0.272 e. The molecule has 0 saturated carbocycles. The molecule has 32 heavy (non-hydrogen) atoms. The van der Waals surface area contributed by atoms with E-state index < -0.39 is 17.5 Å². The summed E-state index contributed by atoms with van der Waals surface area (Å²) in [7, 11) is 0. The number of rotatable bonds is 7. The Hall–Kier alpha value is -3.85. The van der Waals surface area contributed by atoms with Crippen LogP contribution < -0.4 is 5.43 Å². The predicted octanol–water partition coefficient (Wildman–Crippen LogP) is 4.45. The standard InChI is InChI=1S/C23H17F2N5OS/c24-18-12-11-17(20(25)13-18)14-26-27-21(31)15-32-23-29-28-22(16-7-3-1-4-8-16)30(23)19-9-5-2-6-10-19/h1-14H,15H2,(H,27,31). The molecular weight excluding hydrogens is 432 g/mol. The highest BCUT2D eigenvalue weighted by molar-refractivity contribution is 7.99. The smallest absolute Gasteiger partial charge is 0.250 e. The van der Waals surface area contributed by atoms with Gasteiger partial charge < -0.3 is 0 Å². The van der Waals surface area contributed by atoms with Gasteiger partial charge in [0.25, 0.3) is 5.91 Å². The molecule has 1 amide bonds. The van der Waals surface area contributed by atoms with Gasteiger partial charge in [0.1, 0.15) is 11.6 Å². The van der Waals surface area contributed by atoms with Crippen LogP contribution in [0.1, 0.15) is 5.56 Å². The third-order valence-electron chi connectivity index (χ3n) is 4.37. The van der Waals surface area contributed by atoms with Gasteiger partial charge in [-0.05, 0) is 24.3 Å². The maximum absolute atomic E-state index is 13.6. The zero-order valence-corrected chi connectivity index (χ0v) is 17.5. The van der Waals surface area contributed by atoms with Gasteiger partial charge in [0.2, 0.25) is 0 Å². The summed E-state index contributed by atoms with van der Waals surface area (Å²) in [4.78, 5) is 12.2. The number of carbonyl (C=O) groups excluding carboxylic acids is 1. The van der Waals surface area contributed by atoms with E-state index in [0.717, 1.165) is 29.6 Å². The van der Waals surface area contributed by atoms with Crippen LogP contribution in [-0.2, 0) is 4.79 Å². The molecule has 6 nitrogen and oxygen atoms in total. The van der Waals surface area contributed by atoms with E-state index in [4.69, 9.17) is 0 Å². The van der Waals surface area contributed by atoms with Crippen LogP contribution in [0.2, 0.25) is 0 Å². The topological polar surface area (TPSA) is 72.2 Å². The molecule has 4 aromatic rings. The van der Waals surface area contributed by atoms with E-state index in [1.807, 2.05) is 65.2 Å². The number of thioether (sulfide) groups is 1. The molecule has 0 atom stereocenters. The molecule has 0 bridgehead atoms. The number of nitrogens with zero attached hydrogens (tertiary/aromatic N) is 4. The first-order valence-electron chi connectivity index (χ1n) is 9.58. The molecule has 0 aliphatic heterocycles. The van der Waals surface area contributed by atoms with E-state index in [9.17, 15) is 13.6 Å². The third-order valence-corrected chi connectivity index (χ3v) is 5.30. The van der Waals surface area contributed by atoms with Crippen molar-refractivity contribution >= 4 is 23.9 Å². The molecule has 0 aliphatic rings. The number of benzene rings is 3. The van der Waals surface area contributed by atoms with E-state index in [-0.39, 0.29) is 11.3 Å². The zero-order valence-electron chi connectivity index (χ0n) is 16.7. The van der Waals surface area contributed by atoms with Crippen LogP contribution in [0.4, 0.5) is 8.78 Å². The fourth-order valence-corrected chi connectivity index (χ4v) is 3.63. The Morgan fingerprint density at radius 1 is 1.00 bits per heavy atom. The Morgan fingerprint density at radius 3 is 2.44 bits per heavy atom. The Bertz CT molecular complexity index is 1250. The highest BCUT2D eigenvalue weighted by atomic mass is 32.2. The van der Waals surface area contributed by atoms with Gasteiger partial charge in [0.05, 0.1) is 12.0 Å². The first-order valence-corrected chi connectivity index (χ1v) is 10.6. The Kier molecular flexibility index (Phi) is 6.66. The molecule has 0 saturated heterocycles. The molecule has 1 heterocycles. The molecular formula is C23H17F2N5OS. The van der Waals surface area contributed by atoms with Gasteiger partial charge in [0.15, 0.2) is 11.0 Å². The summed E-state index contributed by atoms with van der Waals surface area (Å²) in [5.74, 6) is -1.18. The lowest BCUT2D eigenvalue weighted by Crippen LogP contribution is -2.20. The highest BCUT2D eigenvalue weighted by Crippen LogP contribution is 2.27. The molecule has 4 rings (SSSR count). The Labute approximate surface area is 187 Å². The van der Waals surface area contributed by atoms with Crippen LogP contribution >= 0.6 is 11.8 Å². The van der Waals surface area contributed by atoms with Crippen LogP contribution in [0.15, 0.2) is 89.1 Å². The Balaban J connectivity index is 1.48. The molecule has 0 aliphatic carbocycles. The number of halogens is 2. The normalized spacial score (nSPS) is 11.1. The average Bonchev–Trinajstić information content (AvgIpc) is 3.24. The number of hydrogen-bond acceptors (Lipinski definition) is 5. The second-order valence-electron chi connectivity index (χ2n) is 6.59. The van der Waals surface area contributed by atoms with Crippen molar-refractivity contribution in [1.82, 2.24) is 20.2 Å². The highest BCUT2D eigenvalue weighted by Gasteiger charge is 2.17. The van der Waals surface area contributed by atoms with E-state index in [2.05, 4.69) is 20.7 Å². The van der Waals surface area contributed by atoms with Crippen molar-refractivity contribution in [3.05, 3.63) is 96.1 Å². The quantitative estimate of drug-likeness (QED) is 0.257. The predicted molar refractivity (Wildman–Crippen MR) is 120 cm³/mol. The lowest BCUT2D eigenvalue weighted by Gasteiger charge is -2.10. The van der Waals surface area contributed by atoms with Crippen molar-refractivity contribution < 1.29 is 13.6 Å². The van der Waals surface area contributed by atoms with Crippen LogP contribution in [-0.4, -0.2) is 32.6 Å². The summed E-state index contributed by atoms with van der Waals surface area (Å²) in [5.41, 5.74) is 4.16. The van der Waals surface area contributed by atoms with E-state index >= 15 is 0 Å². The summed E-state index contributed by atoms with van der Waals surface area (Å²) in [6.07, 6.45) is 1.12. The van der Waals surface area contributed by atoms with Crippen molar-refractivity contribution in [3.8, 4) is 17.1 Å². The molecule has 0 spiro atoms. The number of aromatic nitrogens is 3. The van der Waals surface area contributed by atoms with Crippen molar-refractivity contribution in [2.24, 2.45) is 5.10 Å². The molecule has 0 fully saturated rings. The van der Waals surface area contributed by atoms with Gasteiger partial charge in [-0.1, -0.05) is 60.3 Å². The van der Waals surface area contributed by atoms with E-state index in [0.29, 0.717) is 11.0 Å². The summed E-state index contributed by atoms with van der Waals surface area (Å²) in [6, 6.07) is 22.3. The summed E-state index contributed by atoms with van der Waals surface area (Å²) >= 11 is 1.20. The fourth-order valence-electron chi connectivity index (χ4n) is 2.89. The second-order valence-corrected chi connectivity index (χ2v) is 7.53. The first kappa shape index (κ1) is 21.4. The molecule has 0 radical (unpaired) electrons. The average molecular weight is 449 g/mol. The number of para-hydroxylation sites is 1. The third kappa shape index (κ3) is 5.06. The van der Waals surface area contributed by atoms with Crippen LogP contribution in [0.25, 0.3) is 17.1 Å². The largest absolute Gasteiger partial charge is 0.272 e. The molecule has 160 valence electrons. The van der Waals surface area contributed by atoms with Crippen molar-refractivity contribution in [2.45, 2.75) is 5.16 Å². The van der Waals surface area contributed by atoms with Gasteiger partial charge in [-0.25, -0.2) is 14.2 Å². The van der Waals surface area contributed by atoms with Crippen molar-refractivity contribution in [2.75, 3.05) is 5.75 Å². The monoisotopic (exact) mass is 449 g/mol. The molecule has 3 aromatic carbocycles. The van der Waals surface area contributed by atoms with Gasteiger partial charge in [-0.2, -0.15) is 5.10 Å². The molecule has 0 unspecified atom stereocenters. The van der Waals surface area contributed by atoms with Crippen LogP contribution in [0, 0.1) is 11.6 Å². The first-order chi connectivity index (χ1) is 15.6. The lowest BCUT2D eigenvalue weighted by molar-refractivity contribution is -0.118. The number of amides is 1. The van der Waals surface area contributed by atoms with Gasteiger partial charge in [0, 0.05) is 22.9 Å². The van der Waals surface area contributed by atoms with Crippen LogP contribution in [0.5, 0.6) is 0 Å². The molecule has 1 N–H and O–H groups in total. The van der Waals surface area contributed by atoms with E-state index in [1.54, 1.807) is 0 Å². The number of carbonyl (C=O) groups is 1. The second kappa shape index (κ2) is 9.97. The number of nitrogens with one attached hydrogen (secondary N) is 1. The lowest BCUT2D eigenvalue weighted by atomic mass is 10.2. The van der Waals surface area contributed by atoms with Gasteiger partial charge in [-0.3, -0.25) is 9.36 Å². The number of hydrazone groups is 1. The zero-order chi connectivity index (χ0) is 22.3. The molecule has 9 heteroatoms. The summed E-state index contributed by atoms with van der Waals surface area (Å²) in [5, 5.41) is 12.9. The maximum Gasteiger partial charge on any atom is 0.250 e. The summed E-state index contributed by atoms with van der Waals surface area (Å²) < 4.78 is 28.5. The Morgan fingerprint density at radius 2 is 1.72 bits per heavy atom. The van der Waals surface area contributed by atoms with Crippen molar-refractivity contribution in [1.29, 1.82) is 0 Å².